The second-order valence-corrected chi connectivity index (χ2v) is 7.38. The highest BCUT2D eigenvalue weighted by molar-refractivity contribution is 7.18. The zero-order chi connectivity index (χ0) is 19.4. The van der Waals surface area contributed by atoms with Crippen LogP contribution in [0.1, 0.15) is 42.9 Å². The van der Waals surface area contributed by atoms with Crippen LogP contribution < -0.4 is 10.6 Å². The summed E-state index contributed by atoms with van der Waals surface area (Å²) in [6.45, 7) is 3.26. The molecular formula is C20H20FN3O2S. The number of carbonyl (C=O) groups is 2. The number of nitrogens with one attached hydrogen (secondary N) is 2. The molecule has 0 aliphatic rings. The largest absolute Gasteiger partial charge is 0.349 e. The average molecular weight is 385 g/mol. The van der Waals surface area contributed by atoms with Crippen LogP contribution in [0.15, 0.2) is 48.5 Å². The van der Waals surface area contributed by atoms with Crippen molar-refractivity contribution in [2.45, 2.75) is 32.4 Å². The number of rotatable bonds is 6. The Kier molecular flexibility index (Phi) is 5.81. The molecule has 1 aromatic heterocycles. The minimum Gasteiger partial charge on any atom is -0.349 e. The summed E-state index contributed by atoms with van der Waals surface area (Å²) < 4.78 is 14.2. The molecule has 3 rings (SSSR count). The van der Waals surface area contributed by atoms with Gasteiger partial charge in [0, 0.05) is 6.92 Å². The van der Waals surface area contributed by atoms with Crippen molar-refractivity contribution in [2.75, 3.05) is 0 Å². The monoisotopic (exact) mass is 385 g/mol. The Bertz CT molecular complexity index is 922. The number of nitrogens with zero attached hydrogens (tertiary/aromatic N) is 1. The summed E-state index contributed by atoms with van der Waals surface area (Å²) >= 11 is 1.54. The number of benzene rings is 2. The van der Waals surface area contributed by atoms with Crippen molar-refractivity contribution >= 4 is 33.4 Å². The lowest BCUT2D eigenvalue weighted by atomic mass is 10.0. The van der Waals surface area contributed by atoms with Crippen molar-refractivity contribution in [2.24, 2.45) is 0 Å². The van der Waals surface area contributed by atoms with Crippen LogP contribution >= 0.6 is 11.3 Å². The van der Waals surface area contributed by atoms with Crippen molar-refractivity contribution in [3.8, 4) is 0 Å². The van der Waals surface area contributed by atoms with Crippen molar-refractivity contribution in [1.82, 2.24) is 15.6 Å². The number of hydrogen-bond acceptors (Lipinski definition) is 4. The Labute approximate surface area is 160 Å². The first-order chi connectivity index (χ1) is 12.9. The fraction of sp³-hybridized carbons (Fsp3) is 0.250. The lowest BCUT2D eigenvalue weighted by molar-refractivity contribution is -0.123. The molecule has 3 aromatic rings. The number of amides is 2. The molecule has 27 heavy (non-hydrogen) atoms. The molecule has 140 valence electrons. The summed E-state index contributed by atoms with van der Waals surface area (Å²) in [6, 6.07) is 12.8. The van der Waals surface area contributed by atoms with E-state index < -0.39 is 6.04 Å². The van der Waals surface area contributed by atoms with Gasteiger partial charge >= 0.3 is 0 Å². The van der Waals surface area contributed by atoms with E-state index in [0.29, 0.717) is 5.56 Å². The van der Waals surface area contributed by atoms with Gasteiger partial charge in [0.1, 0.15) is 10.8 Å². The normalized spacial score (nSPS) is 13.1. The third-order valence-electron chi connectivity index (χ3n) is 4.10. The van der Waals surface area contributed by atoms with Gasteiger partial charge in [0.2, 0.25) is 11.8 Å². The van der Waals surface area contributed by atoms with Crippen molar-refractivity contribution in [1.29, 1.82) is 0 Å². The topological polar surface area (TPSA) is 71.1 Å². The van der Waals surface area contributed by atoms with Gasteiger partial charge in [-0.05, 0) is 36.8 Å². The predicted molar refractivity (Wildman–Crippen MR) is 104 cm³/mol. The van der Waals surface area contributed by atoms with E-state index in [2.05, 4.69) is 15.6 Å². The van der Waals surface area contributed by atoms with E-state index in [1.54, 1.807) is 12.1 Å². The van der Waals surface area contributed by atoms with E-state index in [-0.39, 0.29) is 30.1 Å². The number of para-hydroxylation sites is 1. The predicted octanol–water partition coefficient (Wildman–Crippen LogP) is 3.88. The van der Waals surface area contributed by atoms with Gasteiger partial charge in [-0.25, -0.2) is 9.37 Å². The van der Waals surface area contributed by atoms with Gasteiger partial charge in [0.25, 0.3) is 0 Å². The molecular weight excluding hydrogens is 365 g/mol. The third kappa shape index (κ3) is 4.89. The van der Waals surface area contributed by atoms with Crippen LogP contribution in [0, 0.1) is 5.82 Å². The fourth-order valence-corrected chi connectivity index (χ4v) is 3.79. The Morgan fingerprint density at radius 2 is 1.81 bits per heavy atom. The van der Waals surface area contributed by atoms with Crippen LogP contribution in [0.3, 0.4) is 0 Å². The minimum atomic E-state index is -0.523. The second-order valence-electron chi connectivity index (χ2n) is 6.32. The van der Waals surface area contributed by atoms with Crippen molar-refractivity contribution in [3.63, 3.8) is 0 Å². The number of carbonyl (C=O) groups excluding carboxylic acids is 2. The van der Waals surface area contributed by atoms with Crippen molar-refractivity contribution in [3.05, 3.63) is 64.9 Å². The van der Waals surface area contributed by atoms with E-state index in [4.69, 9.17) is 0 Å². The van der Waals surface area contributed by atoms with Crippen LogP contribution in [-0.4, -0.2) is 16.8 Å². The summed E-state index contributed by atoms with van der Waals surface area (Å²) in [7, 11) is 0. The number of halogens is 1. The lowest BCUT2D eigenvalue weighted by Crippen LogP contribution is -2.33. The second kappa shape index (κ2) is 8.26. The summed E-state index contributed by atoms with van der Waals surface area (Å²) in [5.41, 5.74) is 1.58. The minimum absolute atomic E-state index is 0.0560. The smallest absolute Gasteiger partial charge is 0.222 e. The van der Waals surface area contributed by atoms with Gasteiger partial charge < -0.3 is 10.6 Å². The maximum atomic E-state index is 13.2. The van der Waals surface area contributed by atoms with E-state index in [0.717, 1.165) is 15.2 Å². The molecule has 0 saturated carbocycles. The quantitative estimate of drug-likeness (QED) is 0.676. The Morgan fingerprint density at radius 1 is 1.11 bits per heavy atom. The highest BCUT2D eigenvalue weighted by Crippen LogP contribution is 2.26. The molecule has 2 N–H and O–H groups in total. The van der Waals surface area contributed by atoms with Gasteiger partial charge in [-0.3, -0.25) is 9.59 Å². The number of fused-ring (bicyclic) bond motifs is 1. The van der Waals surface area contributed by atoms with Crippen LogP contribution in [0.2, 0.25) is 0 Å². The van der Waals surface area contributed by atoms with Crippen LogP contribution in [0.25, 0.3) is 10.2 Å². The maximum Gasteiger partial charge on any atom is 0.222 e. The molecule has 0 aliphatic carbocycles. The molecule has 2 aromatic carbocycles. The zero-order valence-electron chi connectivity index (χ0n) is 15.0. The molecule has 1 heterocycles. The van der Waals surface area contributed by atoms with Gasteiger partial charge in [0.15, 0.2) is 0 Å². The van der Waals surface area contributed by atoms with Crippen LogP contribution in [0.4, 0.5) is 4.39 Å². The van der Waals surface area contributed by atoms with Crippen LogP contribution in [0.5, 0.6) is 0 Å². The molecule has 0 saturated heterocycles. The molecule has 0 fully saturated rings. The summed E-state index contributed by atoms with van der Waals surface area (Å²) in [5.74, 6) is -0.838. The summed E-state index contributed by atoms with van der Waals surface area (Å²) in [5, 5.41) is 6.49. The summed E-state index contributed by atoms with van der Waals surface area (Å²) in [6.07, 6.45) is 0.0560. The molecule has 0 radical (unpaired) electrons. The van der Waals surface area contributed by atoms with Gasteiger partial charge in [-0.2, -0.15) is 0 Å². The average Bonchev–Trinajstić information content (AvgIpc) is 3.05. The van der Waals surface area contributed by atoms with E-state index in [1.807, 2.05) is 31.2 Å². The molecule has 0 aliphatic heterocycles. The third-order valence-corrected chi connectivity index (χ3v) is 5.32. The first-order valence-corrected chi connectivity index (χ1v) is 9.41. The Morgan fingerprint density at radius 3 is 2.48 bits per heavy atom. The van der Waals surface area contributed by atoms with E-state index in [9.17, 15) is 14.0 Å². The molecule has 2 amide bonds. The van der Waals surface area contributed by atoms with Gasteiger partial charge in [-0.15, -0.1) is 11.3 Å². The zero-order valence-corrected chi connectivity index (χ0v) is 15.8. The first-order valence-electron chi connectivity index (χ1n) is 8.60. The molecule has 0 bridgehead atoms. The maximum absolute atomic E-state index is 13.2. The van der Waals surface area contributed by atoms with Gasteiger partial charge in [-0.1, -0.05) is 24.3 Å². The molecule has 2 atom stereocenters. The standard InChI is InChI=1S/C20H20FN3O2S/c1-12(20-24-16-5-3-4-6-18(16)27-20)22-19(26)11-17(23-13(2)25)14-7-9-15(21)10-8-14/h3-10,12,17H,11H2,1-2H3,(H,22,26)(H,23,25)/t12-,17-/m1/s1. The molecule has 7 heteroatoms. The molecule has 5 nitrogen and oxygen atoms in total. The lowest BCUT2D eigenvalue weighted by Gasteiger charge is -2.19. The molecule has 0 unspecified atom stereocenters. The highest BCUT2D eigenvalue weighted by Gasteiger charge is 2.20. The Hall–Kier alpha value is -2.80. The number of aromatic nitrogens is 1. The van der Waals surface area contributed by atoms with Crippen LogP contribution in [-0.2, 0) is 9.59 Å². The van der Waals surface area contributed by atoms with Crippen molar-refractivity contribution < 1.29 is 14.0 Å². The summed E-state index contributed by atoms with van der Waals surface area (Å²) in [4.78, 5) is 28.6. The molecule has 0 spiro atoms. The first kappa shape index (κ1) is 19.0. The van der Waals surface area contributed by atoms with E-state index >= 15 is 0 Å². The Balaban J connectivity index is 1.69. The highest BCUT2D eigenvalue weighted by atomic mass is 32.1. The SMILES string of the molecule is CC(=O)N[C@H](CC(=O)N[C@H](C)c1nc2ccccc2s1)c1ccc(F)cc1. The van der Waals surface area contributed by atoms with Gasteiger partial charge in [0.05, 0.1) is 28.7 Å². The van der Waals surface area contributed by atoms with E-state index in [1.165, 1.54) is 30.4 Å². The fourth-order valence-electron chi connectivity index (χ4n) is 2.82. The number of thiazole rings is 1. The number of hydrogen-bond donors (Lipinski definition) is 2.